The highest BCUT2D eigenvalue weighted by Crippen LogP contribution is 2.19. The van der Waals surface area contributed by atoms with Crippen molar-refractivity contribution in [2.75, 3.05) is 32.1 Å². The molecule has 122 valence electrons. The number of ether oxygens (including phenoxy) is 1. The summed E-state index contributed by atoms with van der Waals surface area (Å²) in [6.07, 6.45) is 1.75. The van der Waals surface area contributed by atoms with Crippen molar-refractivity contribution in [2.24, 2.45) is 5.73 Å². The number of carbonyl (C=O) groups excluding carboxylic acids is 1. The zero-order chi connectivity index (χ0) is 16.1. The summed E-state index contributed by atoms with van der Waals surface area (Å²) >= 11 is 0. The Morgan fingerprint density at radius 1 is 1.50 bits per heavy atom. The van der Waals surface area contributed by atoms with Gasteiger partial charge < -0.3 is 15.8 Å². The maximum atomic E-state index is 13.5. The number of amides is 1. The summed E-state index contributed by atoms with van der Waals surface area (Å²) in [5.74, 6) is -1.82. The molecule has 7 heteroatoms. The van der Waals surface area contributed by atoms with Gasteiger partial charge in [-0.3, -0.25) is 9.69 Å². The number of hydrogen-bond acceptors (Lipinski definition) is 4. The van der Waals surface area contributed by atoms with Crippen LogP contribution >= 0.6 is 0 Å². The number of nitrogens with zero attached hydrogens (tertiary/aromatic N) is 1. The van der Waals surface area contributed by atoms with Crippen LogP contribution < -0.4 is 11.1 Å². The first-order valence-corrected chi connectivity index (χ1v) is 7.25. The summed E-state index contributed by atoms with van der Waals surface area (Å²) in [6, 6.07) is 3.11. The number of anilines is 1. The Balaban J connectivity index is 1.93. The van der Waals surface area contributed by atoms with E-state index in [1.807, 2.05) is 4.90 Å². The number of nitrogens with two attached hydrogens (primary N) is 1. The van der Waals surface area contributed by atoms with Gasteiger partial charge in [-0.25, -0.2) is 8.78 Å². The van der Waals surface area contributed by atoms with Crippen LogP contribution in [0.2, 0.25) is 0 Å². The first-order valence-electron chi connectivity index (χ1n) is 7.25. The van der Waals surface area contributed by atoms with E-state index < -0.39 is 11.6 Å². The van der Waals surface area contributed by atoms with Crippen molar-refractivity contribution in [3.05, 3.63) is 29.8 Å². The summed E-state index contributed by atoms with van der Waals surface area (Å²) in [5, 5.41) is 2.46. The Morgan fingerprint density at radius 2 is 2.27 bits per heavy atom. The molecule has 0 bridgehead atoms. The van der Waals surface area contributed by atoms with Gasteiger partial charge in [0.05, 0.1) is 18.3 Å². The molecule has 1 amide bonds. The SMILES string of the molecule is COC1CCN(CC(=O)Nc2ccc(F)cc2F)C(CN)C1. The van der Waals surface area contributed by atoms with Crippen molar-refractivity contribution in [1.29, 1.82) is 0 Å². The molecule has 22 heavy (non-hydrogen) atoms. The highest BCUT2D eigenvalue weighted by atomic mass is 19.1. The summed E-state index contributed by atoms with van der Waals surface area (Å²) in [5.41, 5.74) is 5.72. The molecule has 1 aromatic rings. The van der Waals surface area contributed by atoms with Gasteiger partial charge in [0.1, 0.15) is 11.6 Å². The Bertz CT molecular complexity index is 528. The molecule has 0 saturated carbocycles. The number of rotatable bonds is 5. The second-order valence-electron chi connectivity index (χ2n) is 5.41. The number of halogens is 2. The Hall–Kier alpha value is -1.57. The van der Waals surface area contributed by atoms with Crippen molar-refractivity contribution in [1.82, 2.24) is 4.90 Å². The molecular formula is C15H21F2N3O2. The van der Waals surface area contributed by atoms with E-state index in [0.29, 0.717) is 13.1 Å². The topological polar surface area (TPSA) is 67.6 Å². The number of methoxy groups -OCH3 is 1. The van der Waals surface area contributed by atoms with Crippen LogP contribution in [0, 0.1) is 11.6 Å². The number of benzene rings is 1. The molecule has 1 heterocycles. The number of hydrogen-bond donors (Lipinski definition) is 2. The summed E-state index contributed by atoms with van der Waals surface area (Å²) in [6.45, 7) is 1.24. The third kappa shape index (κ3) is 4.22. The van der Waals surface area contributed by atoms with Crippen LogP contribution in [0.15, 0.2) is 18.2 Å². The molecule has 0 radical (unpaired) electrons. The van der Waals surface area contributed by atoms with Crippen LogP contribution in [0.25, 0.3) is 0 Å². The van der Waals surface area contributed by atoms with Crippen LogP contribution in [0.1, 0.15) is 12.8 Å². The Labute approximate surface area is 128 Å². The van der Waals surface area contributed by atoms with E-state index in [2.05, 4.69) is 5.32 Å². The van der Waals surface area contributed by atoms with E-state index in [-0.39, 0.29) is 30.3 Å². The molecule has 1 aliphatic heterocycles. The van der Waals surface area contributed by atoms with E-state index in [4.69, 9.17) is 10.5 Å². The molecule has 2 atom stereocenters. The highest BCUT2D eigenvalue weighted by molar-refractivity contribution is 5.92. The third-order valence-corrected chi connectivity index (χ3v) is 3.95. The van der Waals surface area contributed by atoms with Crippen molar-refractivity contribution in [2.45, 2.75) is 25.0 Å². The quantitative estimate of drug-likeness (QED) is 0.861. The molecule has 2 unspecified atom stereocenters. The standard InChI is InChI=1S/C15H21F2N3O2/c1-22-12-4-5-20(11(7-12)8-18)9-15(21)19-14-3-2-10(16)6-13(14)17/h2-3,6,11-12H,4-5,7-9,18H2,1H3,(H,19,21). The summed E-state index contributed by atoms with van der Waals surface area (Å²) in [7, 11) is 1.66. The van der Waals surface area contributed by atoms with E-state index in [1.54, 1.807) is 7.11 Å². The largest absolute Gasteiger partial charge is 0.381 e. The maximum absolute atomic E-state index is 13.5. The monoisotopic (exact) mass is 313 g/mol. The van der Waals surface area contributed by atoms with Crippen molar-refractivity contribution in [3.63, 3.8) is 0 Å². The Morgan fingerprint density at radius 3 is 2.91 bits per heavy atom. The first kappa shape index (κ1) is 16.8. The maximum Gasteiger partial charge on any atom is 0.238 e. The van der Waals surface area contributed by atoms with Crippen LogP contribution in [-0.2, 0) is 9.53 Å². The lowest BCUT2D eigenvalue weighted by Crippen LogP contribution is -2.51. The van der Waals surface area contributed by atoms with Crippen molar-refractivity contribution >= 4 is 11.6 Å². The molecule has 1 saturated heterocycles. The smallest absolute Gasteiger partial charge is 0.238 e. The van der Waals surface area contributed by atoms with Gasteiger partial charge in [0.2, 0.25) is 5.91 Å². The van der Waals surface area contributed by atoms with Gasteiger partial charge >= 0.3 is 0 Å². The number of carbonyl (C=O) groups is 1. The molecule has 0 spiro atoms. The fraction of sp³-hybridized carbons (Fsp3) is 0.533. The normalized spacial score (nSPS) is 22.5. The molecular weight excluding hydrogens is 292 g/mol. The minimum atomic E-state index is -0.790. The average molecular weight is 313 g/mol. The fourth-order valence-corrected chi connectivity index (χ4v) is 2.70. The van der Waals surface area contributed by atoms with Gasteiger partial charge in [-0.2, -0.15) is 0 Å². The van der Waals surface area contributed by atoms with Crippen molar-refractivity contribution < 1.29 is 18.3 Å². The van der Waals surface area contributed by atoms with Crippen molar-refractivity contribution in [3.8, 4) is 0 Å². The zero-order valence-corrected chi connectivity index (χ0v) is 12.5. The molecule has 0 aliphatic carbocycles. The molecule has 3 N–H and O–H groups in total. The predicted octanol–water partition coefficient (Wildman–Crippen LogP) is 1.34. The first-order chi connectivity index (χ1) is 10.5. The summed E-state index contributed by atoms with van der Waals surface area (Å²) in [4.78, 5) is 14.0. The third-order valence-electron chi connectivity index (χ3n) is 3.95. The van der Waals surface area contributed by atoms with Crippen LogP contribution in [0.5, 0.6) is 0 Å². The summed E-state index contributed by atoms with van der Waals surface area (Å²) < 4.78 is 31.7. The van der Waals surface area contributed by atoms with E-state index in [9.17, 15) is 13.6 Å². The Kier molecular flexibility index (Phi) is 5.82. The van der Waals surface area contributed by atoms with Gasteiger partial charge in [0, 0.05) is 32.3 Å². The predicted molar refractivity (Wildman–Crippen MR) is 79.4 cm³/mol. The van der Waals surface area contributed by atoms with Gasteiger partial charge in [0.25, 0.3) is 0 Å². The second-order valence-corrected chi connectivity index (χ2v) is 5.41. The molecule has 5 nitrogen and oxygen atoms in total. The van der Waals surface area contributed by atoms with Gasteiger partial charge in [-0.1, -0.05) is 0 Å². The fourth-order valence-electron chi connectivity index (χ4n) is 2.70. The average Bonchev–Trinajstić information content (AvgIpc) is 2.50. The van der Waals surface area contributed by atoms with Crippen LogP contribution in [-0.4, -0.2) is 49.7 Å². The molecule has 1 aliphatic rings. The van der Waals surface area contributed by atoms with E-state index >= 15 is 0 Å². The number of nitrogens with one attached hydrogen (secondary N) is 1. The highest BCUT2D eigenvalue weighted by Gasteiger charge is 2.28. The molecule has 1 aromatic carbocycles. The van der Waals surface area contributed by atoms with E-state index in [0.717, 1.165) is 25.0 Å². The van der Waals surface area contributed by atoms with Crippen LogP contribution in [0.3, 0.4) is 0 Å². The number of piperidine rings is 1. The second kappa shape index (κ2) is 7.62. The molecule has 1 fully saturated rings. The lowest BCUT2D eigenvalue weighted by atomic mass is 9.99. The minimum absolute atomic E-state index is 0.0255. The van der Waals surface area contributed by atoms with E-state index in [1.165, 1.54) is 6.07 Å². The minimum Gasteiger partial charge on any atom is -0.381 e. The molecule has 2 rings (SSSR count). The van der Waals surface area contributed by atoms with Crippen LogP contribution in [0.4, 0.5) is 14.5 Å². The van der Waals surface area contributed by atoms with Gasteiger partial charge in [-0.05, 0) is 25.0 Å². The lowest BCUT2D eigenvalue weighted by molar-refractivity contribution is -0.118. The molecule has 0 aromatic heterocycles. The van der Waals surface area contributed by atoms with Gasteiger partial charge in [0.15, 0.2) is 0 Å². The lowest BCUT2D eigenvalue weighted by Gasteiger charge is -2.37. The zero-order valence-electron chi connectivity index (χ0n) is 12.5. The number of likely N-dealkylation sites (tertiary alicyclic amines) is 1. The van der Waals surface area contributed by atoms with Gasteiger partial charge in [-0.15, -0.1) is 0 Å².